The minimum atomic E-state index is -0.522. The van der Waals surface area contributed by atoms with E-state index in [1.54, 1.807) is 14.2 Å². The van der Waals surface area contributed by atoms with Crippen LogP contribution in [0.1, 0.15) is 50.3 Å². The van der Waals surface area contributed by atoms with Gasteiger partial charge in [-0.15, -0.1) is 0 Å². The highest BCUT2D eigenvalue weighted by Crippen LogP contribution is 2.52. The summed E-state index contributed by atoms with van der Waals surface area (Å²) in [4.78, 5) is 0. The predicted octanol–water partition coefficient (Wildman–Crippen LogP) is 5.30. The fraction of sp³-hybridized carbons (Fsp3) is 0.458. The molecular formula is C24H27BrN2O4. The van der Waals surface area contributed by atoms with Crippen LogP contribution < -0.4 is 14.2 Å². The van der Waals surface area contributed by atoms with E-state index in [0.717, 1.165) is 46.3 Å². The molecule has 0 saturated carbocycles. The monoisotopic (exact) mass is 486 g/mol. The number of halogens is 1. The van der Waals surface area contributed by atoms with Crippen LogP contribution in [0.3, 0.4) is 0 Å². The van der Waals surface area contributed by atoms with Crippen LogP contribution in [-0.2, 0) is 4.74 Å². The number of rotatable bonds is 3. The van der Waals surface area contributed by atoms with E-state index in [4.69, 9.17) is 24.0 Å². The van der Waals surface area contributed by atoms with E-state index in [1.165, 1.54) is 0 Å². The number of benzene rings is 2. The van der Waals surface area contributed by atoms with Crippen molar-refractivity contribution in [1.82, 2.24) is 5.01 Å². The van der Waals surface area contributed by atoms with Gasteiger partial charge in [0.15, 0.2) is 11.5 Å². The maximum atomic E-state index is 6.70. The van der Waals surface area contributed by atoms with Gasteiger partial charge in [0.05, 0.1) is 38.2 Å². The third kappa shape index (κ3) is 3.48. The molecule has 0 radical (unpaired) electrons. The number of methoxy groups -OCH3 is 2. The summed E-state index contributed by atoms with van der Waals surface area (Å²) in [6.07, 6.45) is 2.31. The molecule has 1 fully saturated rings. The molecule has 0 bridgehead atoms. The Bertz CT molecular complexity index is 1050. The van der Waals surface area contributed by atoms with E-state index in [9.17, 15) is 0 Å². The number of hydrogen-bond donors (Lipinski definition) is 0. The van der Waals surface area contributed by atoms with Crippen LogP contribution >= 0.6 is 15.9 Å². The Kier molecular flexibility index (Phi) is 4.94. The third-order valence-electron chi connectivity index (χ3n) is 6.36. The van der Waals surface area contributed by atoms with E-state index in [1.807, 2.05) is 24.3 Å². The molecule has 2 atom stereocenters. The molecule has 1 spiro atoms. The Labute approximate surface area is 191 Å². The first-order valence-electron chi connectivity index (χ1n) is 10.6. The van der Waals surface area contributed by atoms with Gasteiger partial charge in [-0.05, 0) is 50.2 Å². The van der Waals surface area contributed by atoms with Gasteiger partial charge in [-0.1, -0.05) is 15.9 Å². The molecule has 31 heavy (non-hydrogen) atoms. The Hall–Kier alpha value is -2.25. The summed E-state index contributed by atoms with van der Waals surface area (Å²) in [5.74, 6) is 2.35. The van der Waals surface area contributed by atoms with Crippen molar-refractivity contribution in [2.75, 3.05) is 20.8 Å². The van der Waals surface area contributed by atoms with E-state index in [-0.39, 0.29) is 11.6 Å². The predicted molar refractivity (Wildman–Crippen MR) is 122 cm³/mol. The normalized spacial score (nSPS) is 26.0. The minimum absolute atomic E-state index is 0.109. The van der Waals surface area contributed by atoms with Crippen LogP contribution in [0.15, 0.2) is 46.0 Å². The molecule has 0 aliphatic carbocycles. The molecule has 0 N–H and O–H groups in total. The number of ether oxygens (including phenoxy) is 4. The Balaban J connectivity index is 1.60. The summed E-state index contributed by atoms with van der Waals surface area (Å²) < 4.78 is 24.7. The van der Waals surface area contributed by atoms with Crippen LogP contribution in [0.25, 0.3) is 0 Å². The average Bonchev–Trinajstić information content (AvgIpc) is 3.20. The summed E-state index contributed by atoms with van der Waals surface area (Å²) in [6, 6.07) is 12.3. The Morgan fingerprint density at radius 3 is 2.65 bits per heavy atom. The van der Waals surface area contributed by atoms with Crippen LogP contribution in [0.4, 0.5) is 0 Å². The lowest BCUT2D eigenvalue weighted by Crippen LogP contribution is -2.60. The quantitative estimate of drug-likeness (QED) is 0.589. The smallest absolute Gasteiger partial charge is 0.203 e. The van der Waals surface area contributed by atoms with Gasteiger partial charge in [-0.3, -0.25) is 0 Å². The molecule has 1 saturated heterocycles. The van der Waals surface area contributed by atoms with Crippen molar-refractivity contribution in [3.8, 4) is 17.2 Å². The molecule has 3 aliphatic rings. The summed E-state index contributed by atoms with van der Waals surface area (Å²) in [7, 11) is 3.30. The van der Waals surface area contributed by atoms with E-state index in [2.05, 4.69) is 46.9 Å². The van der Waals surface area contributed by atoms with Crippen LogP contribution in [0.5, 0.6) is 17.2 Å². The van der Waals surface area contributed by atoms with Gasteiger partial charge in [0.1, 0.15) is 5.75 Å². The molecule has 0 amide bonds. The molecule has 7 heteroatoms. The molecule has 6 nitrogen and oxygen atoms in total. The number of hydrogen-bond acceptors (Lipinski definition) is 6. The van der Waals surface area contributed by atoms with Gasteiger partial charge in [0, 0.05) is 34.9 Å². The maximum Gasteiger partial charge on any atom is 0.203 e. The van der Waals surface area contributed by atoms with Crippen molar-refractivity contribution in [3.05, 3.63) is 52.0 Å². The molecule has 5 rings (SSSR count). The standard InChI is InChI=1S/C24H27BrN2O4/c1-23(2)14-24(9-10-30-23)27-19(17-12-16(25)6-8-20(17)31-24)13-18(26-27)15-5-7-21(28-3)22(11-15)29-4/h5-8,11-12,19H,9-10,13-14H2,1-4H3/t19-,24+/m1/s1. The second-order valence-corrected chi connectivity index (χ2v) is 9.86. The SMILES string of the molecule is COc1ccc(C2=NN3[C@H](C2)c2cc(Br)ccc2O[C@]32CCOC(C)(C)C2)cc1OC. The molecular weight excluding hydrogens is 460 g/mol. The first-order valence-corrected chi connectivity index (χ1v) is 11.4. The van der Waals surface area contributed by atoms with Crippen molar-refractivity contribution >= 4 is 21.6 Å². The Morgan fingerprint density at radius 1 is 1.10 bits per heavy atom. The second kappa shape index (κ2) is 7.41. The zero-order chi connectivity index (χ0) is 21.8. The van der Waals surface area contributed by atoms with Crippen molar-refractivity contribution in [2.24, 2.45) is 5.10 Å². The zero-order valence-corrected chi connectivity index (χ0v) is 19.9. The van der Waals surface area contributed by atoms with Gasteiger partial charge < -0.3 is 18.9 Å². The lowest BCUT2D eigenvalue weighted by molar-refractivity contribution is -0.212. The summed E-state index contributed by atoms with van der Waals surface area (Å²) in [5, 5.41) is 7.33. The fourth-order valence-electron chi connectivity index (χ4n) is 5.02. The van der Waals surface area contributed by atoms with Crippen molar-refractivity contribution in [1.29, 1.82) is 0 Å². The van der Waals surface area contributed by atoms with Crippen LogP contribution in [0, 0.1) is 0 Å². The van der Waals surface area contributed by atoms with Gasteiger partial charge in [0.2, 0.25) is 5.72 Å². The lowest BCUT2D eigenvalue weighted by Gasteiger charge is -2.52. The average molecular weight is 487 g/mol. The summed E-state index contributed by atoms with van der Waals surface area (Å²) in [5.41, 5.74) is 2.41. The van der Waals surface area contributed by atoms with Crippen molar-refractivity contribution in [2.45, 2.75) is 50.5 Å². The van der Waals surface area contributed by atoms with Gasteiger partial charge in [-0.25, -0.2) is 5.01 Å². The molecule has 3 heterocycles. The lowest BCUT2D eigenvalue weighted by atomic mass is 9.86. The van der Waals surface area contributed by atoms with E-state index < -0.39 is 5.72 Å². The van der Waals surface area contributed by atoms with Gasteiger partial charge in [0.25, 0.3) is 0 Å². The largest absolute Gasteiger partial charge is 0.493 e. The molecule has 2 aromatic rings. The van der Waals surface area contributed by atoms with Gasteiger partial charge in [-0.2, -0.15) is 5.10 Å². The third-order valence-corrected chi connectivity index (χ3v) is 6.86. The topological polar surface area (TPSA) is 52.5 Å². The molecule has 3 aliphatic heterocycles. The first kappa shape index (κ1) is 20.6. The minimum Gasteiger partial charge on any atom is -0.493 e. The highest BCUT2D eigenvalue weighted by atomic mass is 79.9. The van der Waals surface area contributed by atoms with Crippen molar-refractivity contribution < 1.29 is 18.9 Å². The Morgan fingerprint density at radius 2 is 1.90 bits per heavy atom. The molecule has 164 valence electrons. The number of fused-ring (bicyclic) bond motifs is 4. The highest BCUT2D eigenvalue weighted by Gasteiger charge is 2.54. The molecule has 2 aromatic carbocycles. The molecule has 0 unspecified atom stereocenters. The fourth-order valence-corrected chi connectivity index (χ4v) is 5.40. The zero-order valence-electron chi connectivity index (χ0n) is 18.3. The van der Waals surface area contributed by atoms with Crippen LogP contribution in [0.2, 0.25) is 0 Å². The first-order chi connectivity index (χ1) is 14.8. The maximum absolute atomic E-state index is 6.70. The summed E-state index contributed by atoms with van der Waals surface area (Å²) in [6.45, 7) is 4.89. The number of hydrazone groups is 1. The highest BCUT2D eigenvalue weighted by molar-refractivity contribution is 9.10. The number of nitrogens with zero attached hydrogens (tertiary/aromatic N) is 2. The molecule has 0 aromatic heterocycles. The van der Waals surface area contributed by atoms with E-state index >= 15 is 0 Å². The van der Waals surface area contributed by atoms with Crippen molar-refractivity contribution in [3.63, 3.8) is 0 Å². The summed E-state index contributed by atoms with van der Waals surface area (Å²) >= 11 is 3.63. The van der Waals surface area contributed by atoms with Gasteiger partial charge >= 0.3 is 0 Å². The second-order valence-electron chi connectivity index (χ2n) is 8.95. The van der Waals surface area contributed by atoms with E-state index in [0.29, 0.717) is 18.1 Å². The van der Waals surface area contributed by atoms with Crippen LogP contribution in [-0.4, -0.2) is 42.9 Å².